The first kappa shape index (κ1) is 13.5. The molecule has 0 unspecified atom stereocenters. The van der Waals surface area contributed by atoms with Gasteiger partial charge >= 0.3 is 5.97 Å². The maximum atomic E-state index is 13.0. The highest BCUT2D eigenvalue weighted by atomic mass is 79.9. The van der Waals surface area contributed by atoms with E-state index in [1.54, 1.807) is 0 Å². The van der Waals surface area contributed by atoms with Gasteiger partial charge in [0, 0.05) is 4.47 Å². The molecule has 1 N–H and O–H groups in total. The zero-order chi connectivity index (χ0) is 13.8. The third kappa shape index (κ3) is 3.54. The van der Waals surface area contributed by atoms with E-state index < -0.39 is 11.8 Å². The minimum atomic E-state index is -1.22. The molecule has 0 atom stereocenters. The average molecular weight is 325 g/mol. The van der Waals surface area contributed by atoms with Crippen LogP contribution in [0.2, 0.25) is 0 Å². The zero-order valence-corrected chi connectivity index (χ0v) is 11.4. The number of hydrogen-bond donors (Lipinski definition) is 1. The summed E-state index contributed by atoms with van der Waals surface area (Å²) in [4.78, 5) is 11.0. The molecule has 19 heavy (non-hydrogen) atoms. The molecular weight excluding hydrogens is 315 g/mol. The van der Waals surface area contributed by atoms with Crippen molar-refractivity contribution < 1.29 is 19.0 Å². The van der Waals surface area contributed by atoms with Crippen molar-refractivity contribution in [3.05, 3.63) is 63.9 Å². The molecule has 0 fully saturated rings. The maximum absolute atomic E-state index is 13.0. The molecule has 0 radical (unpaired) electrons. The van der Waals surface area contributed by atoms with Crippen LogP contribution in [0.25, 0.3) is 0 Å². The summed E-state index contributed by atoms with van der Waals surface area (Å²) in [6.07, 6.45) is 0. The second-order valence-corrected chi connectivity index (χ2v) is 4.78. The fourth-order valence-corrected chi connectivity index (χ4v) is 2.03. The lowest BCUT2D eigenvalue weighted by molar-refractivity contribution is 0.0691. The first-order chi connectivity index (χ1) is 9.06. The molecule has 0 heterocycles. The zero-order valence-electron chi connectivity index (χ0n) is 9.77. The molecule has 3 nitrogen and oxygen atoms in total. The molecule has 2 aromatic rings. The minimum absolute atomic E-state index is 0.147. The van der Waals surface area contributed by atoms with E-state index in [2.05, 4.69) is 15.9 Å². The summed E-state index contributed by atoms with van der Waals surface area (Å²) in [6.45, 7) is 0.214. The second-order valence-electron chi connectivity index (χ2n) is 3.86. The number of rotatable bonds is 4. The molecule has 98 valence electrons. The molecule has 0 saturated heterocycles. The van der Waals surface area contributed by atoms with Crippen LogP contribution in [0.5, 0.6) is 5.75 Å². The van der Waals surface area contributed by atoms with Crippen LogP contribution in [0.4, 0.5) is 4.39 Å². The fourth-order valence-electron chi connectivity index (χ4n) is 1.58. The molecule has 0 bridgehead atoms. The highest BCUT2D eigenvalue weighted by Gasteiger charge is 2.12. The number of benzene rings is 2. The van der Waals surface area contributed by atoms with Crippen molar-refractivity contribution in [2.24, 2.45) is 0 Å². The predicted molar refractivity (Wildman–Crippen MR) is 71.8 cm³/mol. The van der Waals surface area contributed by atoms with Gasteiger partial charge in [0.1, 0.15) is 23.7 Å². The molecule has 0 aromatic heterocycles. The van der Waals surface area contributed by atoms with E-state index in [1.807, 2.05) is 24.3 Å². The van der Waals surface area contributed by atoms with Gasteiger partial charge in [-0.15, -0.1) is 0 Å². The van der Waals surface area contributed by atoms with Gasteiger partial charge in [0.25, 0.3) is 0 Å². The van der Waals surface area contributed by atoms with Crippen LogP contribution < -0.4 is 4.74 Å². The number of aromatic carboxylic acids is 1. The van der Waals surface area contributed by atoms with E-state index in [9.17, 15) is 9.18 Å². The molecule has 0 aliphatic carbocycles. The Morgan fingerprint density at radius 1 is 1.26 bits per heavy atom. The third-order valence-corrected chi connectivity index (χ3v) is 2.95. The van der Waals surface area contributed by atoms with Gasteiger partial charge in [-0.3, -0.25) is 0 Å². The van der Waals surface area contributed by atoms with E-state index in [4.69, 9.17) is 9.84 Å². The standard InChI is InChI=1S/C14H10BrFO3/c15-10-3-1-2-9(6-10)8-19-13-5-4-11(16)7-12(13)14(17)18/h1-7H,8H2,(H,17,18). The van der Waals surface area contributed by atoms with E-state index in [1.165, 1.54) is 12.1 Å². The normalized spacial score (nSPS) is 10.2. The van der Waals surface area contributed by atoms with Gasteiger partial charge in [0.05, 0.1) is 0 Å². The van der Waals surface area contributed by atoms with Gasteiger partial charge in [0.2, 0.25) is 0 Å². The summed E-state index contributed by atoms with van der Waals surface area (Å²) in [5, 5.41) is 8.98. The number of hydrogen-bond acceptors (Lipinski definition) is 2. The van der Waals surface area contributed by atoms with Gasteiger partial charge in [-0.25, -0.2) is 9.18 Å². The smallest absolute Gasteiger partial charge is 0.339 e. The highest BCUT2D eigenvalue weighted by Crippen LogP contribution is 2.21. The summed E-state index contributed by atoms with van der Waals surface area (Å²) >= 11 is 3.34. The first-order valence-corrected chi connectivity index (χ1v) is 6.25. The molecular formula is C14H10BrFO3. The molecule has 0 aliphatic rings. The van der Waals surface area contributed by atoms with Crippen molar-refractivity contribution in [1.29, 1.82) is 0 Å². The van der Waals surface area contributed by atoms with Gasteiger partial charge < -0.3 is 9.84 Å². The first-order valence-electron chi connectivity index (χ1n) is 5.46. The lowest BCUT2D eigenvalue weighted by Crippen LogP contribution is -2.04. The summed E-state index contributed by atoms with van der Waals surface area (Å²) in [7, 11) is 0. The predicted octanol–water partition coefficient (Wildman–Crippen LogP) is 3.87. The van der Waals surface area contributed by atoms with Crippen molar-refractivity contribution in [2.45, 2.75) is 6.61 Å². The second kappa shape index (κ2) is 5.84. The molecule has 0 spiro atoms. The SMILES string of the molecule is O=C(O)c1cc(F)ccc1OCc1cccc(Br)c1. The Hall–Kier alpha value is -1.88. The molecule has 0 amide bonds. The summed E-state index contributed by atoms with van der Waals surface area (Å²) in [5.74, 6) is -1.68. The lowest BCUT2D eigenvalue weighted by atomic mass is 10.2. The maximum Gasteiger partial charge on any atom is 0.339 e. The number of carboxylic acid groups (broad SMARTS) is 1. The molecule has 2 aromatic carbocycles. The van der Waals surface area contributed by atoms with Crippen molar-refractivity contribution >= 4 is 21.9 Å². The van der Waals surface area contributed by atoms with E-state index in [0.717, 1.165) is 16.1 Å². The molecule has 5 heteroatoms. The number of carboxylic acids is 1. The monoisotopic (exact) mass is 324 g/mol. The number of carbonyl (C=O) groups is 1. The van der Waals surface area contributed by atoms with Crippen LogP contribution in [0, 0.1) is 5.82 Å². The Morgan fingerprint density at radius 3 is 2.74 bits per heavy atom. The summed E-state index contributed by atoms with van der Waals surface area (Å²) < 4.78 is 19.3. The van der Waals surface area contributed by atoms with Gasteiger partial charge in [-0.2, -0.15) is 0 Å². The highest BCUT2D eigenvalue weighted by molar-refractivity contribution is 9.10. The van der Waals surface area contributed by atoms with Crippen LogP contribution in [-0.2, 0) is 6.61 Å². The summed E-state index contributed by atoms with van der Waals surface area (Å²) in [6, 6.07) is 10.9. The Bertz CT molecular complexity index is 613. The average Bonchev–Trinajstić information content (AvgIpc) is 2.37. The number of halogens is 2. The quantitative estimate of drug-likeness (QED) is 0.928. The van der Waals surface area contributed by atoms with Crippen molar-refractivity contribution in [3.63, 3.8) is 0 Å². The van der Waals surface area contributed by atoms with Crippen molar-refractivity contribution in [3.8, 4) is 5.75 Å². The topological polar surface area (TPSA) is 46.5 Å². The fraction of sp³-hybridized carbons (Fsp3) is 0.0714. The number of ether oxygens (including phenoxy) is 1. The largest absolute Gasteiger partial charge is 0.488 e. The van der Waals surface area contributed by atoms with Crippen LogP contribution >= 0.6 is 15.9 Å². The van der Waals surface area contributed by atoms with Gasteiger partial charge in [-0.1, -0.05) is 28.1 Å². The van der Waals surface area contributed by atoms with Crippen LogP contribution in [0.15, 0.2) is 46.9 Å². The van der Waals surface area contributed by atoms with Gasteiger partial charge in [-0.05, 0) is 35.9 Å². The van der Waals surface area contributed by atoms with Crippen LogP contribution in [0.1, 0.15) is 15.9 Å². The molecule has 0 aliphatic heterocycles. The summed E-state index contributed by atoms with van der Waals surface area (Å²) in [5.41, 5.74) is 0.699. The Kier molecular flexibility index (Phi) is 4.16. The Labute approximate surface area is 117 Å². The lowest BCUT2D eigenvalue weighted by Gasteiger charge is -2.09. The van der Waals surface area contributed by atoms with E-state index in [-0.39, 0.29) is 17.9 Å². The van der Waals surface area contributed by atoms with E-state index >= 15 is 0 Å². The third-order valence-electron chi connectivity index (χ3n) is 2.46. The Morgan fingerprint density at radius 2 is 2.05 bits per heavy atom. The molecule has 0 saturated carbocycles. The Balaban J connectivity index is 2.17. The molecule has 2 rings (SSSR count). The van der Waals surface area contributed by atoms with E-state index in [0.29, 0.717) is 0 Å². The van der Waals surface area contributed by atoms with Crippen LogP contribution in [0.3, 0.4) is 0 Å². The minimum Gasteiger partial charge on any atom is -0.488 e. The van der Waals surface area contributed by atoms with Crippen molar-refractivity contribution in [2.75, 3.05) is 0 Å². The van der Waals surface area contributed by atoms with Gasteiger partial charge in [0.15, 0.2) is 0 Å². The van der Waals surface area contributed by atoms with Crippen molar-refractivity contribution in [1.82, 2.24) is 0 Å². The van der Waals surface area contributed by atoms with Crippen LogP contribution in [-0.4, -0.2) is 11.1 Å².